The average molecular weight is 181 g/mol. The lowest BCUT2D eigenvalue weighted by Crippen LogP contribution is -2.27. The molecule has 0 radical (unpaired) electrons. The Bertz CT molecular complexity index is 168. The maximum atomic E-state index is 3.72. The van der Waals surface area contributed by atoms with Crippen LogP contribution in [0.4, 0.5) is 0 Å². The van der Waals surface area contributed by atoms with Crippen LogP contribution in [0.2, 0.25) is 0 Å². The highest BCUT2D eigenvalue weighted by Crippen LogP contribution is 2.43. The van der Waals surface area contributed by atoms with Crippen LogP contribution in [0.25, 0.3) is 0 Å². The van der Waals surface area contributed by atoms with E-state index in [9.17, 15) is 0 Å². The molecule has 1 aliphatic heterocycles. The van der Waals surface area contributed by atoms with E-state index in [2.05, 4.69) is 19.2 Å². The van der Waals surface area contributed by atoms with E-state index in [0.717, 1.165) is 12.0 Å². The fourth-order valence-corrected chi connectivity index (χ4v) is 3.11. The normalized spacial score (nSPS) is 33.0. The van der Waals surface area contributed by atoms with Gasteiger partial charge >= 0.3 is 0 Å². The van der Waals surface area contributed by atoms with Crippen LogP contribution in [0.1, 0.15) is 52.4 Å². The molecule has 0 aromatic heterocycles. The van der Waals surface area contributed by atoms with Gasteiger partial charge in [-0.2, -0.15) is 0 Å². The smallest absolute Gasteiger partial charge is 0.00960 e. The zero-order valence-corrected chi connectivity index (χ0v) is 9.10. The summed E-state index contributed by atoms with van der Waals surface area (Å²) in [6.45, 7) is 5.99. The lowest BCUT2D eigenvalue weighted by molar-refractivity contribution is 0.207. The zero-order chi connectivity index (χ0) is 9.31. The maximum Gasteiger partial charge on any atom is 0.00960 e. The molecule has 2 rings (SSSR count). The molecule has 1 N–H and O–H groups in total. The summed E-state index contributed by atoms with van der Waals surface area (Å²) in [6, 6.07) is 0.804. The fourth-order valence-electron chi connectivity index (χ4n) is 3.11. The van der Waals surface area contributed by atoms with E-state index in [1.54, 1.807) is 0 Å². The van der Waals surface area contributed by atoms with Gasteiger partial charge in [0, 0.05) is 12.6 Å². The molecular weight excluding hydrogens is 158 g/mol. The lowest BCUT2D eigenvalue weighted by Gasteiger charge is -2.32. The first kappa shape index (κ1) is 9.51. The summed E-state index contributed by atoms with van der Waals surface area (Å²) in [5, 5.41) is 3.72. The van der Waals surface area contributed by atoms with Gasteiger partial charge in [-0.1, -0.05) is 33.1 Å². The molecule has 1 atom stereocenters. The van der Waals surface area contributed by atoms with Gasteiger partial charge in [-0.15, -0.1) is 0 Å². The molecule has 1 heteroatoms. The number of rotatable bonds is 1. The van der Waals surface area contributed by atoms with Gasteiger partial charge < -0.3 is 5.32 Å². The van der Waals surface area contributed by atoms with Crippen molar-refractivity contribution in [3.05, 3.63) is 0 Å². The first-order valence-electron chi connectivity index (χ1n) is 5.95. The van der Waals surface area contributed by atoms with Crippen molar-refractivity contribution in [1.82, 2.24) is 5.32 Å². The molecule has 1 heterocycles. The second kappa shape index (κ2) is 3.61. The molecule has 2 fully saturated rings. The Labute approximate surface area is 82.3 Å². The highest BCUT2D eigenvalue weighted by atomic mass is 15.0. The van der Waals surface area contributed by atoms with Crippen LogP contribution in [0, 0.1) is 11.3 Å². The van der Waals surface area contributed by atoms with Gasteiger partial charge in [-0.05, 0) is 30.6 Å². The third-order valence-electron chi connectivity index (χ3n) is 4.11. The Morgan fingerprint density at radius 2 is 1.85 bits per heavy atom. The van der Waals surface area contributed by atoms with Crippen molar-refractivity contribution in [3.8, 4) is 0 Å². The highest BCUT2D eigenvalue weighted by Gasteiger charge is 2.40. The zero-order valence-electron chi connectivity index (χ0n) is 9.10. The molecular formula is C12H23N. The molecule has 1 aliphatic carbocycles. The topological polar surface area (TPSA) is 12.0 Å². The molecule has 76 valence electrons. The molecule has 0 aromatic carbocycles. The Morgan fingerprint density at radius 1 is 1.15 bits per heavy atom. The van der Waals surface area contributed by atoms with Crippen LogP contribution in [-0.2, 0) is 0 Å². The minimum Gasteiger partial charge on any atom is -0.313 e. The van der Waals surface area contributed by atoms with Crippen molar-refractivity contribution in [2.24, 2.45) is 11.3 Å². The van der Waals surface area contributed by atoms with Crippen LogP contribution in [0.5, 0.6) is 0 Å². The summed E-state index contributed by atoms with van der Waals surface area (Å²) in [7, 11) is 0. The summed E-state index contributed by atoms with van der Waals surface area (Å²) in [5.41, 5.74) is 0.715. The molecule has 2 aliphatic rings. The minimum absolute atomic E-state index is 0.715. The van der Waals surface area contributed by atoms with Crippen molar-refractivity contribution in [1.29, 1.82) is 0 Å². The number of hydrogen-bond donors (Lipinski definition) is 1. The quantitative estimate of drug-likeness (QED) is 0.656. The van der Waals surface area contributed by atoms with Crippen molar-refractivity contribution in [3.63, 3.8) is 0 Å². The highest BCUT2D eigenvalue weighted by molar-refractivity contribution is 4.95. The van der Waals surface area contributed by atoms with Crippen molar-refractivity contribution in [2.75, 3.05) is 6.54 Å². The second-order valence-corrected chi connectivity index (χ2v) is 5.50. The molecule has 0 amide bonds. The lowest BCUT2D eigenvalue weighted by atomic mass is 9.72. The largest absolute Gasteiger partial charge is 0.313 e. The summed E-state index contributed by atoms with van der Waals surface area (Å²) in [5.74, 6) is 0.821. The Kier molecular flexibility index (Phi) is 2.64. The summed E-state index contributed by atoms with van der Waals surface area (Å²) < 4.78 is 0. The average Bonchev–Trinajstić information content (AvgIpc) is 2.51. The summed E-state index contributed by atoms with van der Waals surface area (Å²) >= 11 is 0. The van der Waals surface area contributed by atoms with Crippen LogP contribution in [0.15, 0.2) is 0 Å². The standard InChI is InChI=1S/C12H23N/c1-10(2)11-8-12(9-13-11)6-4-3-5-7-12/h10-11,13H,3-9H2,1-2H3. The predicted octanol–water partition coefficient (Wildman–Crippen LogP) is 2.95. The van der Waals surface area contributed by atoms with Crippen LogP contribution < -0.4 is 5.32 Å². The monoisotopic (exact) mass is 181 g/mol. The van der Waals surface area contributed by atoms with E-state index in [1.807, 2.05) is 0 Å². The second-order valence-electron chi connectivity index (χ2n) is 5.50. The number of nitrogens with one attached hydrogen (secondary N) is 1. The van der Waals surface area contributed by atoms with E-state index in [0.29, 0.717) is 5.41 Å². The van der Waals surface area contributed by atoms with Gasteiger partial charge in [0.25, 0.3) is 0 Å². The minimum atomic E-state index is 0.715. The maximum absolute atomic E-state index is 3.72. The van der Waals surface area contributed by atoms with E-state index in [1.165, 1.54) is 45.1 Å². The third kappa shape index (κ3) is 1.90. The predicted molar refractivity (Wildman–Crippen MR) is 56.8 cm³/mol. The van der Waals surface area contributed by atoms with Gasteiger partial charge in [0.05, 0.1) is 0 Å². The van der Waals surface area contributed by atoms with E-state index >= 15 is 0 Å². The van der Waals surface area contributed by atoms with Crippen LogP contribution in [-0.4, -0.2) is 12.6 Å². The molecule has 0 aromatic rings. The number of hydrogen-bond acceptors (Lipinski definition) is 1. The first-order valence-corrected chi connectivity index (χ1v) is 5.95. The molecule has 1 spiro atoms. The van der Waals surface area contributed by atoms with Gasteiger partial charge in [-0.25, -0.2) is 0 Å². The summed E-state index contributed by atoms with van der Waals surface area (Å²) in [4.78, 5) is 0. The third-order valence-corrected chi connectivity index (χ3v) is 4.11. The molecule has 1 unspecified atom stereocenters. The van der Waals surface area contributed by atoms with Crippen molar-refractivity contribution < 1.29 is 0 Å². The van der Waals surface area contributed by atoms with E-state index in [4.69, 9.17) is 0 Å². The Morgan fingerprint density at radius 3 is 2.38 bits per heavy atom. The van der Waals surface area contributed by atoms with Gasteiger partial charge in [0.15, 0.2) is 0 Å². The van der Waals surface area contributed by atoms with Gasteiger partial charge in [-0.3, -0.25) is 0 Å². The van der Waals surface area contributed by atoms with Crippen LogP contribution in [0.3, 0.4) is 0 Å². The van der Waals surface area contributed by atoms with Crippen LogP contribution >= 0.6 is 0 Å². The van der Waals surface area contributed by atoms with Gasteiger partial charge in [0.1, 0.15) is 0 Å². The van der Waals surface area contributed by atoms with Crippen molar-refractivity contribution >= 4 is 0 Å². The first-order chi connectivity index (χ1) is 6.22. The van der Waals surface area contributed by atoms with E-state index in [-0.39, 0.29) is 0 Å². The molecule has 1 saturated heterocycles. The van der Waals surface area contributed by atoms with Gasteiger partial charge in [0.2, 0.25) is 0 Å². The molecule has 1 saturated carbocycles. The molecule has 13 heavy (non-hydrogen) atoms. The molecule has 0 bridgehead atoms. The Balaban J connectivity index is 1.94. The SMILES string of the molecule is CC(C)C1CC2(CCCCC2)CN1. The Hall–Kier alpha value is -0.0400. The summed E-state index contributed by atoms with van der Waals surface area (Å²) in [6.07, 6.45) is 8.87. The van der Waals surface area contributed by atoms with E-state index < -0.39 is 0 Å². The fraction of sp³-hybridized carbons (Fsp3) is 1.00. The van der Waals surface area contributed by atoms with Crippen molar-refractivity contribution in [2.45, 2.75) is 58.4 Å². The molecule has 1 nitrogen and oxygen atoms in total.